The average Bonchev–Trinajstić information content (AvgIpc) is 3.14. The first-order valence-corrected chi connectivity index (χ1v) is 6.37. The van der Waals surface area contributed by atoms with Gasteiger partial charge in [-0.1, -0.05) is 6.92 Å². The van der Waals surface area contributed by atoms with Gasteiger partial charge in [0.05, 0.1) is 7.11 Å². The second-order valence-electron chi connectivity index (χ2n) is 4.84. The van der Waals surface area contributed by atoms with E-state index in [4.69, 9.17) is 10.5 Å². The van der Waals surface area contributed by atoms with Gasteiger partial charge in [-0.25, -0.2) is 0 Å². The van der Waals surface area contributed by atoms with Gasteiger partial charge >= 0.3 is 0 Å². The van der Waals surface area contributed by atoms with Gasteiger partial charge < -0.3 is 10.5 Å². The van der Waals surface area contributed by atoms with E-state index < -0.39 is 0 Å². The largest absolute Gasteiger partial charge is 0.497 e. The molecule has 2 rings (SSSR count). The zero-order valence-electron chi connectivity index (χ0n) is 10.8. The van der Waals surface area contributed by atoms with E-state index >= 15 is 0 Å². The maximum atomic E-state index is 6.01. The molecule has 94 valence electrons. The fourth-order valence-corrected chi connectivity index (χ4v) is 2.06. The molecule has 2 N–H and O–H groups in total. The average molecular weight is 234 g/mol. The lowest BCUT2D eigenvalue weighted by Crippen LogP contribution is -2.25. The van der Waals surface area contributed by atoms with E-state index in [2.05, 4.69) is 11.8 Å². The van der Waals surface area contributed by atoms with Crippen LogP contribution in [0.2, 0.25) is 0 Å². The summed E-state index contributed by atoms with van der Waals surface area (Å²) in [5.41, 5.74) is 8.05. The Morgan fingerprint density at radius 1 is 1.41 bits per heavy atom. The van der Waals surface area contributed by atoms with Crippen molar-refractivity contribution in [3.8, 4) is 5.75 Å². The maximum Gasteiger partial charge on any atom is 0.119 e. The van der Waals surface area contributed by atoms with Crippen LogP contribution in [0.15, 0.2) is 18.2 Å². The minimum atomic E-state index is 0.861. The van der Waals surface area contributed by atoms with Crippen LogP contribution >= 0.6 is 0 Å². The van der Waals surface area contributed by atoms with Crippen LogP contribution in [0, 0.1) is 5.92 Å². The Morgan fingerprint density at radius 3 is 2.76 bits per heavy atom. The van der Waals surface area contributed by atoms with E-state index in [1.807, 2.05) is 18.2 Å². The molecule has 0 unspecified atom stereocenters. The summed E-state index contributed by atoms with van der Waals surface area (Å²) in [6.45, 7) is 5.41. The number of hydrogen-bond donors (Lipinski definition) is 1. The van der Waals surface area contributed by atoms with E-state index in [-0.39, 0.29) is 0 Å². The quantitative estimate of drug-likeness (QED) is 0.769. The van der Waals surface area contributed by atoms with Gasteiger partial charge in [-0.15, -0.1) is 0 Å². The van der Waals surface area contributed by atoms with E-state index in [9.17, 15) is 0 Å². The molecule has 0 radical (unpaired) electrons. The number of rotatable bonds is 6. The summed E-state index contributed by atoms with van der Waals surface area (Å²) in [5, 5.41) is 0. The number of methoxy groups -OCH3 is 1. The minimum absolute atomic E-state index is 0.861. The molecule has 0 heterocycles. The molecule has 3 nitrogen and oxygen atoms in total. The lowest BCUT2D eigenvalue weighted by Gasteiger charge is -2.21. The van der Waals surface area contributed by atoms with E-state index in [0.29, 0.717) is 0 Å². The van der Waals surface area contributed by atoms with Gasteiger partial charge in [-0.2, -0.15) is 0 Å². The third-order valence-electron chi connectivity index (χ3n) is 3.40. The molecule has 0 saturated heterocycles. The number of nitrogens with zero attached hydrogens (tertiary/aromatic N) is 1. The second-order valence-corrected chi connectivity index (χ2v) is 4.84. The van der Waals surface area contributed by atoms with Crippen LogP contribution in [0.25, 0.3) is 0 Å². The topological polar surface area (TPSA) is 38.5 Å². The van der Waals surface area contributed by atoms with Crippen molar-refractivity contribution in [1.82, 2.24) is 4.90 Å². The van der Waals surface area contributed by atoms with Gasteiger partial charge in [0, 0.05) is 18.8 Å². The molecular weight excluding hydrogens is 212 g/mol. The molecule has 1 aromatic rings. The van der Waals surface area contributed by atoms with Gasteiger partial charge in [-0.05, 0) is 49.1 Å². The Labute approximate surface area is 104 Å². The third-order valence-corrected chi connectivity index (χ3v) is 3.40. The molecule has 0 spiro atoms. The minimum Gasteiger partial charge on any atom is -0.497 e. The van der Waals surface area contributed by atoms with Crippen LogP contribution in [0.5, 0.6) is 5.75 Å². The number of benzene rings is 1. The zero-order chi connectivity index (χ0) is 12.3. The van der Waals surface area contributed by atoms with Crippen molar-refractivity contribution in [3.63, 3.8) is 0 Å². The lowest BCUT2D eigenvalue weighted by molar-refractivity contribution is 0.268. The molecule has 3 heteroatoms. The normalized spacial score (nSPS) is 15.2. The monoisotopic (exact) mass is 234 g/mol. The molecular formula is C14H22N2O. The van der Waals surface area contributed by atoms with Crippen LogP contribution in [0.4, 0.5) is 5.69 Å². The number of hydrogen-bond acceptors (Lipinski definition) is 3. The Bertz CT molecular complexity index is 374. The van der Waals surface area contributed by atoms with Crippen molar-refractivity contribution in [2.45, 2.75) is 26.3 Å². The highest BCUT2D eigenvalue weighted by Crippen LogP contribution is 2.30. The zero-order valence-corrected chi connectivity index (χ0v) is 10.8. The second kappa shape index (κ2) is 5.41. The van der Waals surface area contributed by atoms with Crippen LogP contribution in [-0.4, -0.2) is 25.1 Å². The SMILES string of the molecule is CCN(Cc1cc(OC)ccc1N)CC1CC1. The fourth-order valence-electron chi connectivity index (χ4n) is 2.06. The lowest BCUT2D eigenvalue weighted by atomic mass is 10.1. The number of anilines is 1. The van der Waals surface area contributed by atoms with Crippen LogP contribution < -0.4 is 10.5 Å². The highest BCUT2D eigenvalue weighted by Gasteiger charge is 2.23. The maximum absolute atomic E-state index is 6.01. The van der Waals surface area contributed by atoms with Crippen molar-refractivity contribution in [2.24, 2.45) is 5.92 Å². The van der Waals surface area contributed by atoms with Gasteiger partial charge in [0.25, 0.3) is 0 Å². The first-order chi connectivity index (χ1) is 8.22. The van der Waals surface area contributed by atoms with Crippen molar-refractivity contribution in [3.05, 3.63) is 23.8 Å². The third kappa shape index (κ3) is 3.37. The van der Waals surface area contributed by atoms with Crippen LogP contribution in [-0.2, 0) is 6.54 Å². The van der Waals surface area contributed by atoms with E-state index in [0.717, 1.165) is 30.4 Å². The summed E-state index contributed by atoms with van der Waals surface area (Å²) < 4.78 is 5.24. The van der Waals surface area contributed by atoms with Crippen molar-refractivity contribution in [1.29, 1.82) is 0 Å². The molecule has 0 aromatic heterocycles. The van der Waals surface area contributed by atoms with Crippen LogP contribution in [0.3, 0.4) is 0 Å². The summed E-state index contributed by atoms with van der Waals surface area (Å²) in [6.07, 6.45) is 2.79. The molecule has 1 fully saturated rings. The standard InChI is InChI=1S/C14H22N2O/c1-3-16(9-11-4-5-11)10-12-8-13(17-2)6-7-14(12)15/h6-8,11H,3-5,9-10,15H2,1-2H3. The predicted molar refractivity (Wildman–Crippen MR) is 71.1 cm³/mol. The summed E-state index contributed by atoms with van der Waals surface area (Å²) in [6, 6.07) is 5.89. The first kappa shape index (κ1) is 12.2. The van der Waals surface area contributed by atoms with Crippen molar-refractivity contribution >= 4 is 5.69 Å². The Kier molecular flexibility index (Phi) is 3.89. The van der Waals surface area contributed by atoms with Gasteiger partial charge in [-0.3, -0.25) is 4.90 Å². The van der Waals surface area contributed by atoms with Crippen LogP contribution in [0.1, 0.15) is 25.3 Å². The molecule has 0 aliphatic heterocycles. The number of nitrogen functional groups attached to an aromatic ring is 1. The smallest absolute Gasteiger partial charge is 0.119 e. The molecule has 0 bridgehead atoms. The molecule has 1 aliphatic rings. The van der Waals surface area contributed by atoms with Gasteiger partial charge in [0.15, 0.2) is 0 Å². The Morgan fingerprint density at radius 2 is 2.18 bits per heavy atom. The predicted octanol–water partition coefficient (Wildman–Crippen LogP) is 2.51. The van der Waals surface area contributed by atoms with Crippen molar-refractivity contribution < 1.29 is 4.74 Å². The number of nitrogens with two attached hydrogens (primary N) is 1. The Hall–Kier alpha value is -1.22. The number of ether oxygens (including phenoxy) is 1. The first-order valence-electron chi connectivity index (χ1n) is 6.37. The molecule has 1 aliphatic carbocycles. The highest BCUT2D eigenvalue weighted by atomic mass is 16.5. The molecule has 0 amide bonds. The fraction of sp³-hybridized carbons (Fsp3) is 0.571. The molecule has 17 heavy (non-hydrogen) atoms. The van der Waals surface area contributed by atoms with Gasteiger partial charge in [0.2, 0.25) is 0 Å². The summed E-state index contributed by atoms with van der Waals surface area (Å²) in [4.78, 5) is 2.46. The summed E-state index contributed by atoms with van der Waals surface area (Å²) in [7, 11) is 1.69. The van der Waals surface area contributed by atoms with E-state index in [1.54, 1.807) is 7.11 Å². The van der Waals surface area contributed by atoms with Gasteiger partial charge in [0.1, 0.15) is 5.75 Å². The van der Waals surface area contributed by atoms with Crippen molar-refractivity contribution in [2.75, 3.05) is 25.9 Å². The Balaban J connectivity index is 2.03. The van der Waals surface area contributed by atoms with E-state index in [1.165, 1.54) is 24.9 Å². The molecule has 1 saturated carbocycles. The molecule has 1 aromatic carbocycles. The molecule has 0 atom stereocenters. The summed E-state index contributed by atoms with van der Waals surface area (Å²) in [5.74, 6) is 1.80. The highest BCUT2D eigenvalue weighted by molar-refractivity contribution is 5.50. The summed E-state index contributed by atoms with van der Waals surface area (Å²) >= 11 is 0.